The molecule has 2 N–H and O–H groups in total. The molecule has 3 atom stereocenters. The number of carbonyl (C=O) groups excluding carboxylic acids is 2. The minimum absolute atomic E-state index is 0.0000770. The van der Waals surface area contributed by atoms with E-state index in [0.717, 1.165) is 11.1 Å². The summed E-state index contributed by atoms with van der Waals surface area (Å²) in [7, 11) is 0. The summed E-state index contributed by atoms with van der Waals surface area (Å²) in [5, 5.41) is 12.5. The fourth-order valence-electron chi connectivity index (χ4n) is 5.90. The van der Waals surface area contributed by atoms with Crippen LogP contribution < -0.4 is 5.32 Å². The second kappa shape index (κ2) is 8.78. The molecule has 0 spiro atoms. The first-order valence-corrected chi connectivity index (χ1v) is 12.0. The largest absolute Gasteiger partial charge is 0.480 e. The maximum Gasteiger partial charge on any atom is 0.407 e. The summed E-state index contributed by atoms with van der Waals surface area (Å²) in [5.41, 5.74) is 3.55. The lowest BCUT2D eigenvalue weighted by molar-refractivity contribution is -0.156. The van der Waals surface area contributed by atoms with Crippen molar-refractivity contribution in [3.05, 3.63) is 59.7 Å². The van der Waals surface area contributed by atoms with Gasteiger partial charge < -0.3 is 20.1 Å². The van der Waals surface area contributed by atoms with E-state index in [-0.39, 0.29) is 30.4 Å². The van der Waals surface area contributed by atoms with Gasteiger partial charge in [-0.3, -0.25) is 4.79 Å². The summed E-state index contributed by atoms with van der Waals surface area (Å²) in [4.78, 5) is 38.9. The molecule has 2 aliphatic carbocycles. The first-order chi connectivity index (χ1) is 16.4. The summed E-state index contributed by atoms with van der Waals surface area (Å²) in [6.07, 6.45) is 2.52. The summed E-state index contributed by atoms with van der Waals surface area (Å²) < 4.78 is 5.64. The zero-order valence-corrected chi connectivity index (χ0v) is 19.3. The molecule has 2 aromatic rings. The molecule has 0 radical (unpaired) electrons. The maximum atomic E-state index is 13.1. The lowest BCUT2D eigenvalue weighted by atomic mass is 9.97. The van der Waals surface area contributed by atoms with Crippen molar-refractivity contribution < 1.29 is 24.2 Å². The number of likely N-dealkylation sites (tertiary alicyclic amines) is 1. The van der Waals surface area contributed by atoms with Crippen LogP contribution >= 0.6 is 0 Å². The van der Waals surface area contributed by atoms with Gasteiger partial charge in [0.25, 0.3) is 0 Å². The monoisotopic (exact) mass is 462 g/mol. The number of aliphatic carboxylic acids is 1. The third-order valence-electron chi connectivity index (χ3n) is 7.82. The van der Waals surface area contributed by atoms with Gasteiger partial charge in [-0.15, -0.1) is 0 Å². The van der Waals surface area contributed by atoms with Crippen molar-refractivity contribution in [3.63, 3.8) is 0 Å². The Morgan fingerprint density at radius 3 is 2.35 bits per heavy atom. The Hall–Kier alpha value is -3.35. The van der Waals surface area contributed by atoms with Gasteiger partial charge in [0.2, 0.25) is 5.91 Å². The number of carboxylic acids is 1. The summed E-state index contributed by atoms with van der Waals surface area (Å²) >= 11 is 0. The molecule has 0 aromatic heterocycles. The van der Waals surface area contributed by atoms with Crippen LogP contribution in [0.1, 0.15) is 56.1 Å². The molecular formula is C27H30N2O5. The topological polar surface area (TPSA) is 95.9 Å². The Morgan fingerprint density at radius 2 is 1.71 bits per heavy atom. The Labute approximate surface area is 199 Å². The quantitative estimate of drug-likeness (QED) is 0.696. The van der Waals surface area contributed by atoms with Crippen LogP contribution in [-0.2, 0) is 14.3 Å². The molecule has 34 heavy (non-hydrogen) atoms. The van der Waals surface area contributed by atoms with Gasteiger partial charge in [-0.25, -0.2) is 9.59 Å². The SMILES string of the molecule is C[C@]1(C(=O)O)CCCN1C(=O)[C@H]1CC[C@@H](NC(=O)OCC2c3ccccc3-c3ccccc32)C1. The van der Waals surface area contributed by atoms with Gasteiger partial charge in [0.15, 0.2) is 0 Å². The summed E-state index contributed by atoms with van der Waals surface area (Å²) in [6, 6.07) is 16.2. The molecular weight excluding hydrogens is 432 g/mol. The smallest absolute Gasteiger partial charge is 0.407 e. The van der Waals surface area contributed by atoms with Crippen molar-refractivity contribution in [2.45, 2.75) is 56.5 Å². The second-order valence-electron chi connectivity index (χ2n) is 9.85. The number of carboxylic acid groups (broad SMARTS) is 1. The van der Waals surface area contributed by atoms with Crippen molar-refractivity contribution >= 4 is 18.0 Å². The standard InChI is InChI=1S/C27H30N2O5/c1-27(25(31)32)13-6-14-29(27)24(30)17-11-12-18(15-17)28-26(33)34-16-23-21-9-4-2-7-19(21)20-8-3-5-10-22(20)23/h2-5,7-10,17-18,23H,6,11-16H2,1H3,(H,28,33)(H,31,32)/t17-,18+,27+/m0/s1. The molecule has 0 unspecified atom stereocenters. The minimum atomic E-state index is -1.13. The molecule has 5 rings (SSSR count). The highest BCUT2D eigenvalue weighted by Gasteiger charge is 2.48. The van der Waals surface area contributed by atoms with Crippen molar-refractivity contribution in [1.29, 1.82) is 0 Å². The molecule has 3 aliphatic rings. The maximum absolute atomic E-state index is 13.1. The van der Waals surface area contributed by atoms with E-state index in [9.17, 15) is 19.5 Å². The van der Waals surface area contributed by atoms with Gasteiger partial charge in [0.1, 0.15) is 12.1 Å². The molecule has 1 heterocycles. The summed E-state index contributed by atoms with van der Waals surface area (Å²) in [6.45, 7) is 2.35. The number of fused-ring (bicyclic) bond motifs is 3. The molecule has 2 amide bonds. The van der Waals surface area contributed by atoms with Gasteiger partial charge >= 0.3 is 12.1 Å². The Kier molecular flexibility index (Phi) is 5.80. The fourth-order valence-corrected chi connectivity index (χ4v) is 5.90. The average Bonchev–Trinajstić information content (AvgIpc) is 3.54. The van der Waals surface area contributed by atoms with Gasteiger partial charge in [0.05, 0.1) is 0 Å². The third-order valence-corrected chi connectivity index (χ3v) is 7.82. The number of hydrogen-bond donors (Lipinski definition) is 2. The number of ether oxygens (including phenoxy) is 1. The van der Waals surface area contributed by atoms with E-state index in [1.54, 1.807) is 6.92 Å². The van der Waals surface area contributed by atoms with Crippen molar-refractivity contribution in [1.82, 2.24) is 10.2 Å². The van der Waals surface area contributed by atoms with Gasteiger partial charge in [-0.1, -0.05) is 48.5 Å². The minimum Gasteiger partial charge on any atom is -0.480 e. The van der Waals surface area contributed by atoms with E-state index in [1.165, 1.54) is 16.0 Å². The number of rotatable bonds is 5. The average molecular weight is 463 g/mol. The number of nitrogens with one attached hydrogen (secondary N) is 1. The lowest BCUT2D eigenvalue weighted by Gasteiger charge is -2.33. The Morgan fingerprint density at radius 1 is 1.06 bits per heavy atom. The zero-order valence-electron chi connectivity index (χ0n) is 19.3. The van der Waals surface area contributed by atoms with Crippen LogP contribution in [0.5, 0.6) is 0 Å². The number of alkyl carbamates (subject to hydrolysis) is 1. The van der Waals surface area contributed by atoms with Crippen LogP contribution in [0.15, 0.2) is 48.5 Å². The molecule has 178 valence electrons. The van der Waals surface area contributed by atoms with Gasteiger partial charge in [-0.05, 0) is 61.3 Å². The second-order valence-corrected chi connectivity index (χ2v) is 9.85. The lowest BCUT2D eigenvalue weighted by Crippen LogP contribution is -2.52. The van der Waals surface area contributed by atoms with E-state index in [0.29, 0.717) is 38.6 Å². The van der Waals surface area contributed by atoms with Crippen molar-refractivity contribution in [2.75, 3.05) is 13.2 Å². The predicted octanol–water partition coefficient (Wildman–Crippen LogP) is 4.16. The van der Waals surface area contributed by atoms with E-state index in [4.69, 9.17) is 4.74 Å². The van der Waals surface area contributed by atoms with E-state index >= 15 is 0 Å². The number of hydrogen-bond acceptors (Lipinski definition) is 4. The third kappa shape index (κ3) is 3.83. The first kappa shape index (κ1) is 22.4. The van der Waals surface area contributed by atoms with Crippen molar-refractivity contribution in [2.24, 2.45) is 5.92 Å². The van der Waals surface area contributed by atoms with E-state index in [1.807, 2.05) is 24.3 Å². The van der Waals surface area contributed by atoms with Crippen LogP contribution in [0.4, 0.5) is 4.79 Å². The number of benzene rings is 2. The van der Waals surface area contributed by atoms with Gasteiger partial charge in [-0.2, -0.15) is 0 Å². The highest BCUT2D eigenvalue weighted by atomic mass is 16.5. The van der Waals surface area contributed by atoms with E-state index in [2.05, 4.69) is 29.6 Å². The Balaban J connectivity index is 1.17. The molecule has 1 saturated carbocycles. The fraction of sp³-hybridized carbons (Fsp3) is 0.444. The van der Waals surface area contributed by atoms with E-state index < -0.39 is 17.6 Å². The molecule has 7 heteroatoms. The van der Waals surface area contributed by atoms with Crippen LogP contribution in [-0.4, -0.2) is 52.7 Å². The molecule has 1 saturated heterocycles. The molecule has 1 aliphatic heterocycles. The van der Waals surface area contributed by atoms with Crippen LogP contribution in [0.2, 0.25) is 0 Å². The molecule has 7 nitrogen and oxygen atoms in total. The Bertz CT molecular complexity index is 1090. The number of amides is 2. The first-order valence-electron chi connectivity index (χ1n) is 12.0. The number of nitrogens with zero attached hydrogens (tertiary/aromatic N) is 1. The normalized spacial score (nSPS) is 25.6. The predicted molar refractivity (Wildman–Crippen MR) is 126 cm³/mol. The summed E-state index contributed by atoms with van der Waals surface area (Å²) in [5.74, 6) is -1.33. The highest BCUT2D eigenvalue weighted by Crippen LogP contribution is 2.44. The molecule has 0 bridgehead atoms. The van der Waals surface area contributed by atoms with Crippen LogP contribution in [0.3, 0.4) is 0 Å². The molecule has 2 fully saturated rings. The number of carbonyl (C=O) groups is 3. The molecule has 2 aromatic carbocycles. The van der Waals surface area contributed by atoms with Crippen LogP contribution in [0.25, 0.3) is 11.1 Å². The van der Waals surface area contributed by atoms with Crippen LogP contribution in [0, 0.1) is 5.92 Å². The van der Waals surface area contributed by atoms with Gasteiger partial charge in [0, 0.05) is 24.4 Å². The highest BCUT2D eigenvalue weighted by molar-refractivity contribution is 5.88. The van der Waals surface area contributed by atoms with Crippen molar-refractivity contribution in [3.8, 4) is 11.1 Å². The zero-order chi connectivity index (χ0) is 23.9.